The fourth-order valence-electron chi connectivity index (χ4n) is 1.90. The van der Waals surface area contributed by atoms with E-state index in [1.807, 2.05) is 18.2 Å². The fraction of sp³-hybridized carbons (Fsp3) is 0.364. The Morgan fingerprint density at radius 2 is 2.20 bits per heavy atom. The van der Waals surface area contributed by atoms with Gasteiger partial charge >= 0.3 is 0 Å². The van der Waals surface area contributed by atoms with E-state index in [2.05, 4.69) is 15.2 Å². The van der Waals surface area contributed by atoms with Crippen molar-refractivity contribution in [3.05, 3.63) is 24.4 Å². The lowest BCUT2D eigenvalue weighted by atomic mass is 10.3. The van der Waals surface area contributed by atoms with Crippen molar-refractivity contribution in [2.45, 2.75) is 0 Å². The predicted molar refractivity (Wildman–Crippen MR) is 59.1 cm³/mol. The number of hydrogen-bond acceptors (Lipinski definition) is 4. The standard InChI is InChI=1S/C11H13N3O/c1-2-10-9(13-3-1)8-11(15-10)14-6-4-12-5-7-14/h1-3,8,12H,4-7H2. The molecule has 0 atom stereocenters. The molecule has 1 saturated heterocycles. The van der Waals surface area contributed by atoms with E-state index in [4.69, 9.17) is 4.42 Å². The van der Waals surface area contributed by atoms with Gasteiger partial charge in [-0.3, -0.25) is 4.98 Å². The van der Waals surface area contributed by atoms with Crippen LogP contribution in [-0.2, 0) is 0 Å². The van der Waals surface area contributed by atoms with Crippen molar-refractivity contribution in [3.8, 4) is 0 Å². The average Bonchev–Trinajstić information content (AvgIpc) is 2.74. The number of furan rings is 1. The molecular weight excluding hydrogens is 190 g/mol. The lowest BCUT2D eigenvalue weighted by Gasteiger charge is -2.26. The van der Waals surface area contributed by atoms with E-state index < -0.39 is 0 Å². The summed E-state index contributed by atoms with van der Waals surface area (Å²) in [6, 6.07) is 5.86. The highest BCUT2D eigenvalue weighted by Gasteiger charge is 2.14. The van der Waals surface area contributed by atoms with E-state index in [-0.39, 0.29) is 0 Å². The molecule has 0 radical (unpaired) electrons. The number of nitrogens with one attached hydrogen (secondary N) is 1. The summed E-state index contributed by atoms with van der Waals surface area (Å²) in [6.45, 7) is 4.04. The van der Waals surface area contributed by atoms with Gasteiger partial charge in [0.15, 0.2) is 11.5 Å². The molecule has 3 heterocycles. The second-order valence-corrected chi connectivity index (χ2v) is 3.71. The first-order chi connectivity index (χ1) is 7.43. The molecule has 2 aromatic heterocycles. The number of anilines is 1. The second kappa shape index (κ2) is 3.55. The largest absolute Gasteiger partial charge is 0.439 e. The molecule has 1 aliphatic heterocycles. The van der Waals surface area contributed by atoms with E-state index in [1.165, 1.54) is 0 Å². The van der Waals surface area contributed by atoms with Crippen LogP contribution in [0.5, 0.6) is 0 Å². The van der Waals surface area contributed by atoms with Gasteiger partial charge in [0.2, 0.25) is 0 Å². The zero-order chi connectivity index (χ0) is 10.1. The molecule has 1 N–H and O–H groups in total. The Balaban J connectivity index is 1.96. The van der Waals surface area contributed by atoms with Crippen LogP contribution in [-0.4, -0.2) is 31.2 Å². The van der Waals surface area contributed by atoms with Crippen LogP contribution in [0.15, 0.2) is 28.8 Å². The Morgan fingerprint density at radius 3 is 3.00 bits per heavy atom. The van der Waals surface area contributed by atoms with Crippen molar-refractivity contribution >= 4 is 17.0 Å². The number of piperazine rings is 1. The van der Waals surface area contributed by atoms with Gasteiger partial charge in [0.25, 0.3) is 0 Å². The van der Waals surface area contributed by atoms with Crippen molar-refractivity contribution in [3.63, 3.8) is 0 Å². The van der Waals surface area contributed by atoms with Gasteiger partial charge in [-0.25, -0.2) is 0 Å². The van der Waals surface area contributed by atoms with Gasteiger partial charge in [-0.2, -0.15) is 0 Å². The highest BCUT2D eigenvalue weighted by molar-refractivity contribution is 5.76. The topological polar surface area (TPSA) is 41.3 Å². The summed E-state index contributed by atoms with van der Waals surface area (Å²) in [5, 5.41) is 3.32. The van der Waals surface area contributed by atoms with Gasteiger partial charge in [0, 0.05) is 38.4 Å². The van der Waals surface area contributed by atoms with Gasteiger partial charge in [-0.05, 0) is 12.1 Å². The maximum Gasteiger partial charge on any atom is 0.198 e. The first-order valence-corrected chi connectivity index (χ1v) is 5.24. The second-order valence-electron chi connectivity index (χ2n) is 3.71. The molecule has 1 fully saturated rings. The maximum atomic E-state index is 5.74. The molecule has 3 rings (SSSR count). The smallest absolute Gasteiger partial charge is 0.198 e. The van der Waals surface area contributed by atoms with Crippen molar-refractivity contribution in [2.24, 2.45) is 0 Å². The van der Waals surface area contributed by atoms with Crippen LogP contribution >= 0.6 is 0 Å². The van der Waals surface area contributed by atoms with Gasteiger partial charge in [-0.1, -0.05) is 0 Å². The molecule has 0 unspecified atom stereocenters. The predicted octanol–water partition coefficient (Wildman–Crippen LogP) is 1.24. The molecule has 2 aromatic rings. The van der Waals surface area contributed by atoms with Crippen LogP contribution in [0.4, 0.5) is 5.88 Å². The Morgan fingerprint density at radius 1 is 1.33 bits per heavy atom. The van der Waals surface area contributed by atoms with Gasteiger partial charge in [-0.15, -0.1) is 0 Å². The van der Waals surface area contributed by atoms with Crippen molar-refractivity contribution in [1.29, 1.82) is 0 Å². The molecule has 0 bridgehead atoms. The SMILES string of the molecule is c1cnc2cc(N3CCNCC3)oc2c1. The molecule has 0 spiro atoms. The van der Waals surface area contributed by atoms with E-state index in [9.17, 15) is 0 Å². The average molecular weight is 203 g/mol. The molecule has 78 valence electrons. The monoisotopic (exact) mass is 203 g/mol. The zero-order valence-corrected chi connectivity index (χ0v) is 8.44. The minimum atomic E-state index is 0.867. The molecule has 0 saturated carbocycles. The van der Waals surface area contributed by atoms with E-state index in [1.54, 1.807) is 6.20 Å². The Bertz CT molecular complexity index is 427. The highest BCUT2D eigenvalue weighted by atomic mass is 16.4. The number of rotatable bonds is 1. The quantitative estimate of drug-likeness (QED) is 0.757. The third kappa shape index (κ3) is 1.57. The first-order valence-electron chi connectivity index (χ1n) is 5.24. The van der Waals surface area contributed by atoms with Crippen LogP contribution in [0.3, 0.4) is 0 Å². The fourth-order valence-corrected chi connectivity index (χ4v) is 1.90. The number of fused-ring (bicyclic) bond motifs is 1. The summed E-state index contributed by atoms with van der Waals surface area (Å²) < 4.78 is 5.74. The number of hydrogen-bond donors (Lipinski definition) is 1. The van der Waals surface area contributed by atoms with Crippen LogP contribution in [0.25, 0.3) is 11.1 Å². The Hall–Kier alpha value is -1.55. The van der Waals surface area contributed by atoms with E-state index in [0.717, 1.165) is 43.2 Å². The molecule has 0 amide bonds. The van der Waals surface area contributed by atoms with Crippen LogP contribution in [0, 0.1) is 0 Å². The minimum Gasteiger partial charge on any atom is -0.439 e. The molecule has 4 heteroatoms. The molecule has 1 aliphatic rings. The lowest BCUT2D eigenvalue weighted by Crippen LogP contribution is -2.43. The summed E-state index contributed by atoms with van der Waals surface area (Å²) in [6.07, 6.45) is 1.79. The molecular formula is C11H13N3O. The lowest BCUT2D eigenvalue weighted by molar-refractivity contribution is 0.527. The Kier molecular flexibility index (Phi) is 2.07. The number of aromatic nitrogens is 1. The van der Waals surface area contributed by atoms with Gasteiger partial charge in [0.1, 0.15) is 5.52 Å². The summed E-state index contributed by atoms with van der Waals surface area (Å²) in [5.41, 5.74) is 1.80. The first kappa shape index (κ1) is 8.73. The van der Waals surface area contributed by atoms with Crippen molar-refractivity contribution in [1.82, 2.24) is 10.3 Å². The molecule has 0 aliphatic carbocycles. The summed E-state index contributed by atoms with van der Waals surface area (Å²) >= 11 is 0. The molecule has 4 nitrogen and oxygen atoms in total. The van der Waals surface area contributed by atoms with Gasteiger partial charge < -0.3 is 14.6 Å². The third-order valence-electron chi connectivity index (χ3n) is 2.70. The zero-order valence-electron chi connectivity index (χ0n) is 8.44. The van der Waals surface area contributed by atoms with Crippen molar-refractivity contribution < 1.29 is 4.42 Å². The number of pyridine rings is 1. The van der Waals surface area contributed by atoms with Crippen LogP contribution in [0.2, 0.25) is 0 Å². The Labute approximate surface area is 87.9 Å². The minimum absolute atomic E-state index is 0.867. The highest BCUT2D eigenvalue weighted by Crippen LogP contribution is 2.24. The van der Waals surface area contributed by atoms with Crippen LogP contribution < -0.4 is 10.2 Å². The molecule has 0 aromatic carbocycles. The summed E-state index contributed by atoms with van der Waals surface area (Å²) in [4.78, 5) is 6.51. The normalized spacial score (nSPS) is 17.2. The van der Waals surface area contributed by atoms with Crippen molar-refractivity contribution in [2.75, 3.05) is 31.1 Å². The third-order valence-corrected chi connectivity index (χ3v) is 2.70. The number of nitrogens with zero attached hydrogens (tertiary/aromatic N) is 2. The van der Waals surface area contributed by atoms with E-state index >= 15 is 0 Å². The van der Waals surface area contributed by atoms with Crippen LogP contribution in [0.1, 0.15) is 0 Å². The summed E-state index contributed by atoms with van der Waals surface area (Å²) in [7, 11) is 0. The van der Waals surface area contributed by atoms with E-state index in [0.29, 0.717) is 0 Å². The van der Waals surface area contributed by atoms with Gasteiger partial charge in [0.05, 0.1) is 0 Å². The maximum absolute atomic E-state index is 5.74. The molecule has 15 heavy (non-hydrogen) atoms. The summed E-state index contributed by atoms with van der Waals surface area (Å²) in [5.74, 6) is 0.935.